The van der Waals surface area contributed by atoms with Gasteiger partial charge >= 0.3 is 6.09 Å². The number of nitrogens with one attached hydrogen (secondary N) is 3. The van der Waals surface area contributed by atoms with Gasteiger partial charge in [-0.1, -0.05) is 11.6 Å². The fourth-order valence-electron chi connectivity index (χ4n) is 3.63. The highest BCUT2D eigenvalue weighted by Gasteiger charge is 2.28. The summed E-state index contributed by atoms with van der Waals surface area (Å²) in [5.41, 5.74) is 1.60. The zero-order chi connectivity index (χ0) is 25.2. The lowest BCUT2D eigenvalue weighted by atomic mass is 10.1. The molecule has 3 N–H and O–H groups in total. The number of hydrogen-bond donors (Lipinski definition) is 3. The topological polar surface area (TPSA) is 131 Å². The van der Waals surface area contributed by atoms with Crippen molar-refractivity contribution in [3.05, 3.63) is 75.1 Å². The molecular weight excluding hydrogens is 514 g/mol. The Bertz CT molecular complexity index is 1400. The van der Waals surface area contributed by atoms with Crippen molar-refractivity contribution < 1.29 is 27.5 Å². The normalized spacial score (nSPS) is 12.5. The van der Waals surface area contributed by atoms with E-state index in [9.17, 15) is 22.8 Å². The average Bonchev–Trinajstić information content (AvgIpc) is 3.40. The lowest BCUT2D eigenvalue weighted by Crippen LogP contribution is -2.31. The third-order valence-electron chi connectivity index (χ3n) is 5.30. The molecule has 0 unspecified atom stereocenters. The minimum Gasteiger partial charge on any atom is -0.453 e. The van der Waals surface area contributed by atoms with Crippen molar-refractivity contribution >= 4 is 61.6 Å². The standard InChI is InChI=1S/C23H20ClN3O6S2/c1-33-23(30)26-21(29)19-17-3-2-4-18(17)34-22(19)25-20(28)13-5-9-15(10-6-13)27-35(31,32)16-11-7-14(24)8-12-16/h5-12,27H,2-4H2,1H3,(H,25,28)(H,26,29,30). The fraction of sp³-hybridized carbons (Fsp3) is 0.174. The molecule has 0 fully saturated rings. The third-order valence-corrected chi connectivity index (χ3v) is 8.16. The van der Waals surface area contributed by atoms with Gasteiger partial charge in [0.05, 0.1) is 17.6 Å². The number of alkyl carbamates (subject to hydrolysis) is 1. The number of fused-ring (bicyclic) bond motifs is 1. The van der Waals surface area contributed by atoms with Crippen LogP contribution in [0.5, 0.6) is 0 Å². The fourth-order valence-corrected chi connectivity index (χ4v) is 6.10. The van der Waals surface area contributed by atoms with E-state index in [1.807, 2.05) is 0 Å². The highest BCUT2D eigenvalue weighted by Crippen LogP contribution is 2.39. The number of benzene rings is 2. The number of thiophene rings is 1. The van der Waals surface area contributed by atoms with Gasteiger partial charge in [-0.2, -0.15) is 0 Å². The highest BCUT2D eigenvalue weighted by atomic mass is 35.5. The molecule has 0 spiro atoms. The van der Waals surface area contributed by atoms with Gasteiger partial charge in [-0.15, -0.1) is 11.3 Å². The number of sulfonamides is 1. The lowest BCUT2D eigenvalue weighted by molar-refractivity contribution is 0.0937. The maximum atomic E-state index is 12.9. The van der Waals surface area contributed by atoms with Crippen LogP contribution >= 0.6 is 22.9 Å². The van der Waals surface area contributed by atoms with Gasteiger partial charge in [0.25, 0.3) is 21.8 Å². The molecule has 1 aliphatic carbocycles. The van der Waals surface area contributed by atoms with E-state index in [0.717, 1.165) is 30.4 Å². The van der Waals surface area contributed by atoms with E-state index >= 15 is 0 Å². The minimum atomic E-state index is -3.83. The van der Waals surface area contributed by atoms with Gasteiger partial charge in [-0.3, -0.25) is 19.6 Å². The van der Waals surface area contributed by atoms with Crippen LogP contribution in [0.3, 0.4) is 0 Å². The Kier molecular flexibility index (Phi) is 7.10. The number of aryl methyl sites for hydroxylation is 1. The quantitative estimate of drug-likeness (QED) is 0.429. The summed E-state index contributed by atoms with van der Waals surface area (Å²) in [6.07, 6.45) is 1.47. The molecule has 3 amide bonds. The lowest BCUT2D eigenvalue weighted by Gasteiger charge is -2.10. The molecule has 9 nitrogen and oxygen atoms in total. The first-order chi connectivity index (χ1) is 16.7. The van der Waals surface area contributed by atoms with E-state index in [0.29, 0.717) is 16.4 Å². The second-order valence-corrected chi connectivity index (χ2v) is 10.8. The summed E-state index contributed by atoms with van der Waals surface area (Å²) >= 11 is 7.11. The van der Waals surface area contributed by atoms with E-state index < -0.39 is 27.9 Å². The van der Waals surface area contributed by atoms with Crippen molar-refractivity contribution in [2.75, 3.05) is 17.1 Å². The molecule has 3 aromatic rings. The smallest absolute Gasteiger partial charge is 0.413 e. The van der Waals surface area contributed by atoms with Gasteiger partial charge in [-0.25, -0.2) is 13.2 Å². The maximum absolute atomic E-state index is 12.9. The molecule has 0 atom stereocenters. The number of rotatable bonds is 6. The van der Waals surface area contributed by atoms with Crippen molar-refractivity contribution in [2.24, 2.45) is 0 Å². The molecule has 35 heavy (non-hydrogen) atoms. The first kappa shape index (κ1) is 24.7. The summed E-state index contributed by atoms with van der Waals surface area (Å²) in [6.45, 7) is 0. The molecule has 4 rings (SSSR count). The van der Waals surface area contributed by atoms with Crippen LogP contribution in [0.4, 0.5) is 15.5 Å². The first-order valence-corrected chi connectivity index (χ1v) is 13.1. The van der Waals surface area contributed by atoms with Crippen LogP contribution < -0.4 is 15.4 Å². The number of imide groups is 1. The molecule has 0 saturated carbocycles. The predicted octanol–water partition coefficient (Wildman–Crippen LogP) is 4.44. The SMILES string of the molecule is COC(=O)NC(=O)c1c(NC(=O)c2ccc(NS(=O)(=O)c3ccc(Cl)cc3)cc2)sc2c1CCC2. The van der Waals surface area contributed by atoms with E-state index in [1.54, 1.807) is 0 Å². The zero-order valence-electron chi connectivity index (χ0n) is 18.4. The summed E-state index contributed by atoms with van der Waals surface area (Å²) < 4.78 is 32.0. The Labute approximate surface area is 210 Å². The summed E-state index contributed by atoms with van der Waals surface area (Å²) in [6, 6.07) is 11.6. The van der Waals surface area contributed by atoms with Crippen molar-refractivity contribution in [1.29, 1.82) is 0 Å². The number of anilines is 2. The molecular formula is C23H20ClN3O6S2. The second kappa shape index (κ2) is 10.1. The van der Waals surface area contributed by atoms with Crippen LogP contribution in [0, 0.1) is 0 Å². The van der Waals surface area contributed by atoms with E-state index in [-0.39, 0.29) is 21.7 Å². The second-order valence-electron chi connectivity index (χ2n) is 7.60. The largest absolute Gasteiger partial charge is 0.453 e. The Morgan fingerprint density at radius 1 is 0.971 bits per heavy atom. The van der Waals surface area contributed by atoms with E-state index in [4.69, 9.17) is 11.6 Å². The zero-order valence-corrected chi connectivity index (χ0v) is 20.8. The molecule has 2 aromatic carbocycles. The number of carbonyl (C=O) groups is 3. The van der Waals surface area contributed by atoms with Crippen molar-refractivity contribution in [2.45, 2.75) is 24.2 Å². The van der Waals surface area contributed by atoms with Crippen molar-refractivity contribution in [1.82, 2.24) is 5.32 Å². The number of amides is 3. The highest BCUT2D eigenvalue weighted by molar-refractivity contribution is 7.92. The molecule has 1 aliphatic rings. The molecule has 1 heterocycles. The monoisotopic (exact) mass is 533 g/mol. The number of carbonyl (C=O) groups excluding carboxylic acids is 3. The van der Waals surface area contributed by atoms with Gasteiger partial charge < -0.3 is 10.1 Å². The van der Waals surface area contributed by atoms with Crippen LogP contribution in [0.2, 0.25) is 5.02 Å². The third kappa shape index (κ3) is 5.47. The molecule has 12 heteroatoms. The number of ether oxygens (including phenoxy) is 1. The summed E-state index contributed by atoms with van der Waals surface area (Å²) in [5, 5.41) is 5.65. The van der Waals surface area contributed by atoms with Gasteiger partial charge in [0.1, 0.15) is 5.00 Å². The predicted molar refractivity (Wildman–Crippen MR) is 133 cm³/mol. The Morgan fingerprint density at radius 3 is 2.31 bits per heavy atom. The van der Waals surface area contributed by atoms with Crippen LogP contribution in [-0.4, -0.2) is 33.4 Å². The number of halogens is 1. The van der Waals surface area contributed by atoms with Crippen LogP contribution in [0.25, 0.3) is 0 Å². The van der Waals surface area contributed by atoms with Crippen LogP contribution in [0.15, 0.2) is 53.4 Å². The molecule has 0 aliphatic heterocycles. The van der Waals surface area contributed by atoms with Crippen molar-refractivity contribution in [3.8, 4) is 0 Å². The maximum Gasteiger partial charge on any atom is 0.413 e. The Balaban J connectivity index is 1.50. The Hall–Kier alpha value is -3.41. The van der Waals surface area contributed by atoms with E-state index in [2.05, 4.69) is 20.1 Å². The van der Waals surface area contributed by atoms with E-state index in [1.165, 1.54) is 59.9 Å². The molecule has 182 valence electrons. The minimum absolute atomic E-state index is 0.0484. The molecule has 1 aromatic heterocycles. The first-order valence-electron chi connectivity index (χ1n) is 10.4. The van der Waals surface area contributed by atoms with Gasteiger partial charge in [0.2, 0.25) is 0 Å². The number of methoxy groups -OCH3 is 1. The van der Waals surface area contributed by atoms with Gasteiger partial charge in [0.15, 0.2) is 0 Å². The summed E-state index contributed by atoms with van der Waals surface area (Å²) in [7, 11) is -2.67. The average molecular weight is 534 g/mol. The van der Waals surface area contributed by atoms with Crippen LogP contribution in [-0.2, 0) is 27.6 Å². The molecule has 0 radical (unpaired) electrons. The summed E-state index contributed by atoms with van der Waals surface area (Å²) in [5.74, 6) is -1.12. The Morgan fingerprint density at radius 2 is 1.66 bits per heavy atom. The van der Waals surface area contributed by atoms with Gasteiger partial charge in [-0.05, 0) is 73.4 Å². The molecule has 0 saturated heterocycles. The van der Waals surface area contributed by atoms with Crippen LogP contribution in [0.1, 0.15) is 37.6 Å². The number of hydrogen-bond acceptors (Lipinski definition) is 7. The van der Waals surface area contributed by atoms with Gasteiger partial charge in [0, 0.05) is 21.2 Å². The van der Waals surface area contributed by atoms with Crippen molar-refractivity contribution in [3.63, 3.8) is 0 Å². The molecule has 0 bridgehead atoms. The summed E-state index contributed by atoms with van der Waals surface area (Å²) in [4.78, 5) is 38.1.